The quantitative estimate of drug-likeness (QED) is 0.781. The molecule has 0 saturated carbocycles. The maximum absolute atomic E-state index is 12.3. The van der Waals surface area contributed by atoms with Gasteiger partial charge in [0.15, 0.2) is 0 Å². The zero-order valence-corrected chi connectivity index (χ0v) is 16.0. The van der Waals surface area contributed by atoms with Gasteiger partial charge < -0.3 is 16.0 Å². The third-order valence-corrected chi connectivity index (χ3v) is 4.16. The van der Waals surface area contributed by atoms with E-state index in [0.717, 1.165) is 11.1 Å². The number of benzene rings is 2. The zero-order valence-electron chi connectivity index (χ0n) is 15.2. The van der Waals surface area contributed by atoms with Gasteiger partial charge in [0.05, 0.1) is 0 Å². The maximum atomic E-state index is 12.3. The standard InChI is InChI=1S/C20H25N3O2.ClH/c1-3-23(4-2)20(25)18-11-7-16(8-12-18)14-22-19(24)17-9-5-15(13-21)6-10-17;/h5-12H,3-4,13-14,21H2,1-2H3,(H,22,24);1H. The van der Waals surface area contributed by atoms with Crippen molar-refractivity contribution in [1.82, 2.24) is 10.2 Å². The van der Waals surface area contributed by atoms with Crippen LogP contribution in [0.25, 0.3) is 0 Å². The molecule has 2 aromatic rings. The largest absolute Gasteiger partial charge is 0.348 e. The van der Waals surface area contributed by atoms with Crippen LogP contribution < -0.4 is 11.1 Å². The van der Waals surface area contributed by atoms with Crippen molar-refractivity contribution in [2.75, 3.05) is 13.1 Å². The Morgan fingerprint density at radius 3 is 1.88 bits per heavy atom. The summed E-state index contributed by atoms with van der Waals surface area (Å²) in [5, 5.41) is 2.88. The molecule has 0 saturated heterocycles. The summed E-state index contributed by atoms with van der Waals surface area (Å²) in [6.07, 6.45) is 0. The lowest BCUT2D eigenvalue weighted by atomic mass is 10.1. The molecule has 6 heteroatoms. The summed E-state index contributed by atoms with van der Waals surface area (Å²) in [5.41, 5.74) is 8.76. The summed E-state index contributed by atoms with van der Waals surface area (Å²) in [5.74, 6) is -0.104. The number of nitrogens with two attached hydrogens (primary N) is 1. The van der Waals surface area contributed by atoms with E-state index in [1.165, 1.54) is 0 Å². The Morgan fingerprint density at radius 1 is 0.885 bits per heavy atom. The Kier molecular flexibility index (Phi) is 8.82. The van der Waals surface area contributed by atoms with E-state index in [0.29, 0.717) is 37.3 Å². The van der Waals surface area contributed by atoms with Crippen LogP contribution in [0.5, 0.6) is 0 Å². The second-order valence-corrected chi connectivity index (χ2v) is 5.76. The molecule has 0 heterocycles. The van der Waals surface area contributed by atoms with E-state index >= 15 is 0 Å². The van der Waals surface area contributed by atoms with E-state index in [2.05, 4.69) is 5.32 Å². The molecule has 0 fully saturated rings. The fourth-order valence-electron chi connectivity index (χ4n) is 2.54. The Hall–Kier alpha value is -2.37. The minimum Gasteiger partial charge on any atom is -0.348 e. The van der Waals surface area contributed by atoms with Crippen molar-refractivity contribution in [3.8, 4) is 0 Å². The van der Waals surface area contributed by atoms with Crippen molar-refractivity contribution < 1.29 is 9.59 Å². The lowest BCUT2D eigenvalue weighted by molar-refractivity contribution is 0.0772. The van der Waals surface area contributed by atoms with E-state index in [4.69, 9.17) is 5.73 Å². The van der Waals surface area contributed by atoms with Crippen LogP contribution in [0.2, 0.25) is 0 Å². The van der Waals surface area contributed by atoms with Crippen LogP contribution in [0, 0.1) is 0 Å². The molecule has 0 spiro atoms. The van der Waals surface area contributed by atoms with Crippen LogP contribution >= 0.6 is 12.4 Å². The van der Waals surface area contributed by atoms with Crippen LogP contribution in [0.3, 0.4) is 0 Å². The number of nitrogens with zero attached hydrogens (tertiary/aromatic N) is 1. The summed E-state index contributed by atoms with van der Waals surface area (Å²) < 4.78 is 0. The number of hydrogen-bond acceptors (Lipinski definition) is 3. The summed E-state index contributed by atoms with van der Waals surface area (Å²) in [7, 11) is 0. The molecular formula is C20H26ClN3O2. The predicted molar refractivity (Wildman–Crippen MR) is 106 cm³/mol. The van der Waals surface area contributed by atoms with Crippen molar-refractivity contribution >= 4 is 24.2 Å². The molecule has 3 N–H and O–H groups in total. The number of carbonyl (C=O) groups excluding carboxylic acids is 2. The Bertz CT molecular complexity index is 711. The van der Waals surface area contributed by atoms with Gasteiger partial charge in [-0.15, -0.1) is 12.4 Å². The summed E-state index contributed by atoms with van der Waals surface area (Å²) in [6, 6.07) is 14.6. The second kappa shape index (κ2) is 10.6. The topological polar surface area (TPSA) is 75.4 Å². The first-order chi connectivity index (χ1) is 12.1. The molecule has 140 valence electrons. The molecular weight excluding hydrogens is 350 g/mol. The van der Waals surface area contributed by atoms with Crippen LogP contribution in [-0.2, 0) is 13.1 Å². The van der Waals surface area contributed by atoms with Crippen molar-refractivity contribution in [3.05, 3.63) is 70.8 Å². The zero-order chi connectivity index (χ0) is 18.2. The summed E-state index contributed by atoms with van der Waals surface area (Å²) in [4.78, 5) is 26.2. The number of nitrogens with one attached hydrogen (secondary N) is 1. The third-order valence-electron chi connectivity index (χ3n) is 4.16. The van der Waals surface area contributed by atoms with Gasteiger partial charge in [-0.2, -0.15) is 0 Å². The second-order valence-electron chi connectivity index (χ2n) is 5.76. The summed E-state index contributed by atoms with van der Waals surface area (Å²) in [6.45, 7) is 6.18. The van der Waals surface area contributed by atoms with Gasteiger partial charge in [0.1, 0.15) is 0 Å². The van der Waals surface area contributed by atoms with E-state index < -0.39 is 0 Å². The molecule has 0 aliphatic rings. The minimum absolute atomic E-state index is 0. The van der Waals surface area contributed by atoms with Crippen LogP contribution in [0.1, 0.15) is 45.7 Å². The van der Waals surface area contributed by atoms with Crippen molar-refractivity contribution in [2.45, 2.75) is 26.9 Å². The highest BCUT2D eigenvalue weighted by Crippen LogP contribution is 2.09. The van der Waals surface area contributed by atoms with Gasteiger partial charge in [0.25, 0.3) is 11.8 Å². The first-order valence-corrected chi connectivity index (χ1v) is 8.54. The maximum Gasteiger partial charge on any atom is 0.253 e. The fraction of sp³-hybridized carbons (Fsp3) is 0.300. The molecule has 0 atom stereocenters. The third kappa shape index (κ3) is 5.58. The SMILES string of the molecule is CCN(CC)C(=O)c1ccc(CNC(=O)c2ccc(CN)cc2)cc1.Cl. The van der Waals surface area contributed by atoms with Gasteiger partial charge >= 0.3 is 0 Å². The molecule has 2 rings (SSSR count). The van der Waals surface area contributed by atoms with Gasteiger partial charge in [-0.25, -0.2) is 0 Å². The number of hydrogen-bond donors (Lipinski definition) is 2. The Balaban J connectivity index is 0.00000338. The van der Waals surface area contributed by atoms with Gasteiger partial charge in [-0.3, -0.25) is 9.59 Å². The van der Waals surface area contributed by atoms with Crippen LogP contribution in [0.4, 0.5) is 0 Å². The highest BCUT2D eigenvalue weighted by Gasteiger charge is 2.12. The van der Waals surface area contributed by atoms with E-state index in [9.17, 15) is 9.59 Å². The van der Waals surface area contributed by atoms with E-state index in [-0.39, 0.29) is 24.2 Å². The highest BCUT2D eigenvalue weighted by molar-refractivity contribution is 5.95. The average molecular weight is 376 g/mol. The van der Waals surface area contributed by atoms with Gasteiger partial charge in [-0.1, -0.05) is 24.3 Å². The van der Waals surface area contributed by atoms with Gasteiger partial charge in [0, 0.05) is 37.3 Å². The number of amides is 2. The average Bonchev–Trinajstić information content (AvgIpc) is 2.67. The van der Waals surface area contributed by atoms with Crippen molar-refractivity contribution in [2.24, 2.45) is 5.73 Å². The van der Waals surface area contributed by atoms with Gasteiger partial charge in [-0.05, 0) is 49.2 Å². The van der Waals surface area contributed by atoms with Crippen LogP contribution in [-0.4, -0.2) is 29.8 Å². The summed E-state index contributed by atoms with van der Waals surface area (Å²) >= 11 is 0. The monoisotopic (exact) mass is 375 g/mol. The fourth-order valence-corrected chi connectivity index (χ4v) is 2.54. The predicted octanol–water partition coefficient (Wildman–Crippen LogP) is 2.98. The first-order valence-electron chi connectivity index (χ1n) is 8.54. The molecule has 2 aromatic carbocycles. The highest BCUT2D eigenvalue weighted by atomic mass is 35.5. The molecule has 0 aliphatic heterocycles. The lowest BCUT2D eigenvalue weighted by Crippen LogP contribution is -2.30. The minimum atomic E-state index is -0.133. The number of halogens is 1. The molecule has 0 radical (unpaired) electrons. The van der Waals surface area contributed by atoms with Crippen molar-refractivity contribution in [1.29, 1.82) is 0 Å². The van der Waals surface area contributed by atoms with E-state index in [1.54, 1.807) is 29.2 Å². The molecule has 5 nitrogen and oxygen atoms in total. The van der Waals surface area contributed by atoms with Gasteiger partial charge in [0.2, 0.25) is 0 Å². The number of carbonyl (C=O) groups is 2. The van der Waals surface area contributed by atoms with E-state index in [1.807, 2.05) is 38.1 Å². The number of rotatable bonds is 7. The molecule has 26 heavy (non-hydrogen) atoms. The smallest absolute Gasteiger partial charge is 0.253 e. The Labute approximate surface area is 161 Å². The normalized spacial score (nSPS) is 9.96. The van der Waals surface area contributed by atoms with Crippen molar-refractivity contribution in [3.63, 3.8) is 0 Å². The Morgan fingerprint density at radius 2 is 1.38 bits per heavy atom. The molecule has 0 aliphatic carbocycles. The van der Waals surface area contributed by atoms with Crippen LogP contribution in [0.15, 0.2) is 48.5 Å². The molecule has 0 bridgehead atoms. The molecule has 0 aromatic heterocycles. The molecule has 0 unspecified atom stereocenters. The first kappa shape index (κ1) is 21.7. The molecule has 2 amide bonds. The lowest BCUT2D eigenvalue weighted by Gasteiger charge is -2.18.